The van der Waals surface area contributed by atoms with E-state index in [1.54, 1.807) is 12.1 Å². The summed E-state index contributed by atoms with van der Waals surface area (Å²) < 4.78 is 29.5. The number of hydrogen-bond donors (Lipinski definition) is 2. The molecule has 2 rings (SSSR count). The van der Waals surface area contributed by atoms with Crippen molar-refractivity contribution in [3.8, 4) is 0 Å². The molecule has 2 aromatic rings. The van der Waals surface area contributed by atoms with Gasteiger partial charge in [-0.1, -0.05) is 22.9 Å². The highest BCUT2D eigenvalue weighted by atomic mass is 79.9. The first-order valence-electron chi connectivity index (χ1n) is 6.41. The number of hydrogen-bond acceptors (Lipinski definition) is 4. The molecule has 0 saturated heterocycles. The van der Waals surface area contributed by atoms with Crippen molar-refractivity contribution in [1.29, 1.82) is 0 Å². The summed E-state index contributed by atoms with van der Waals surface area (Å²) in [7, 11) is -3.69. The molecule has 0 aliphatic heterocycles. The minimum absolute atomic E-state index is 0.0703. The molecule has 0 amide bonds. The molecule has 0 fully saturated rings. The Morgan fingerprint density at radius 2 is 2.19 bits per heavy atom. The number of rotatable bonds is 6. The Kier molecular flexibility index (Phi) is 5.02. The molecule has 1 aromatic carbocycles. The molecule has 0 saturated carbocycles. The smallest absolute Gasteiger partial charge is 0.265 e. The molecule has 0 unspecified atom stereocenters. The molecule has 0 atom stereocenters. The van der Waals surface area contributed by atoms with Gasteiger partial charge in [0.1, 0.15) is 4.90 Å². The second-order valence-corrected chi connectivity index (χ2v) is 7.02. The minimum Gasteiger partial charge on any atom is -0.394 e. The maximum absolute atomic E-state index is 12.3. The number of halogens is 1. The van der Waals surface area contributed by atoms with Crippen LogP contribution in [0.15, 0.2) is 40.0 Å². The topological polar surface area (TPSA) is 84.2 Å². The molecular formula is C13H16BrN3O3S. The Labute approximate surface area is 132 Å². The quantitative estimate of drug-likeness (QED) is 0.810. The number of nitrogens with zero attached hydrogens (tertiary/aromatic N) is 2. The summed E-state index contributed by atoms with van der Waals surface area (Å²) in [5, 5.41) is 12.7. The summed E-state index contributed by atoms with van der Waals surface area (Å²) in [4.78, 5) is 0.0703. The number of benzene rings is 1. The summed E-state index contributed by atoms with van der Waals surface area (Å²) in [6, 6.07) is 5.39. The molecule has 8 heteroatoms. The van der Waals surface area contributed by atoms with Crippen LogP contribution in [0, 0.1) is 0 Å². The van der Waals surface area contributed by atoms with Gasteiger partial charge < -0.3 is 5.11 Å². The highest BCUT2D eigenvalue weighted by Gasteiger charge is 2.18. The minimum atomic E-state index is -3.69. The maximum atomic E-state index is 12.3. The third-order valence-electron chi connectivity index (χ3n) is 2.94. The molecule has 0 spiro atoms. The predicted octanol–water partition coefficient (Wildman–Crippen LogP) is 2.00. The Morgan fingerprint density at radius 1 is 1.43 bits per heavy atom. The monoisotopic (exact) mass is 373 g/mol. The zero-order chi connectivity index (χ0) is 15.5. The average molecular weight is 374 g/mol. The second kappa shape index (κ2) is 6.59. The van der Waals surface area contributed by atoms with Crippen LogP contribution < -0.4 is 4.72 Å². The van der Waals surface area contributed by atoms with Crippen molar-refractivity contribution >= 4 is 31.6 Å². The average Bonchev–Trinajstić information content (AvgIpc) is 2.90. The Morgan fingerprint density at radius 3 is 2.86 bits per heavy atom. The van der Waals surface area contributed by atoms with Gasteiger partial charge in [-0.05, 0) is 30.2 Å². The summed E-state index contributed by atoms with van der Waals surface area (Å²) in [6.07, 6.45) is 3.37. The zero-order valence-electron chi connectivity index (χ0n) is 11.5. The second-order valence-electron chi connectivity index (χ2n) is 4.42. The van der Waals surface area contributed by atoms with Crippen molar-refractivity contribution in [1.82, 2.24) is 9.78 Å². The van der Waals surface area contributed by atoms with E-state index in [9.17, 15) is 8.42 Å². The molecule has 114 valence electrons. The van der Waals surface area contributed by atoms with Crippen LogP contribution in [0.4, 0.5) is 5.69 Å². The number of aliphatic hydroxyl groups excluding tert-OH is 1. The van der Waals surface area contributed by atoms with Gasteiger partial charge in [0.25, 0.3) is 10.0 Å². The summed E-state index contributed by atoms with van der Waals surface area (Å²) >= 11 is 3.37. The standard InChI is InChI=1S/C13H16BrN3O3S/c1-2-10-7-11(14)3-4-13(10)16-21(19,20)12-8-15-17(9-12)5-6-18/h3-4,7-9,16,18H,2,5-6H2,1H3. The van der Waals surface area contributed by atoms with E-state index in [2.05, 4.69) is 25.8 Å². The van der Waals surface area contributed by atoms with Gasteiger partial charge >= 0.3 is 0 Å². The SMILES string of the molecule is CCc1cc(Br)ccc1NS(=O)(=O)c1cnn(CCO)c1. The Bertz CT molecular complexity index is 728. The maximum Gasteiger partial charge on any atom is 0.265 e. The number of aliphatic hydroxyl groups is 1. The molecule has 21 heavy (non-hydrogen) atoms. The van der Waals surface area contributed by atoms with Gasteiger partial charge in [-0.25, -0.2) is 8.42 Å². The van der Waals surface area contributed by atoms with Gasteiger partial charge in [0.2, 0.25) is 0 Å². The van der Waals surface area contributed by atoms with Crippen LogP contribution in [0.25, 0.3) is 0 Å². The summed E-state index contributed by atoms with van der Waals surface area (Å²) in [6.45, 7) is 2.12. The van der Waals surface area contributed by atoms with Crippen molar-refractivity contribution in [2.24, 2.45) is 0 Å². The lowest BCUT2D eigenvalue weighted by Gasteiger charge is -2.11. The fraction of sp³-hybridized carbons (Fsp3) is 0.308. The fourth-order valence-electron chi connectivity index (χ4n) is 1.87. The normalized spacial score (nSPS) is 11.6. The van der Waals surface area contributed by atoms with Crippen molar-refractivity contribution in [3.05, 3.63) is 40.6 Å². The molecule has 0 bridgehead atoms. The molecule has 2 N–H and O–H groups in total. The lowest BCUT2D eigenvalue weighted by Crippen LogP contribution is -2.13. The first-order valence-corrected chi connectivity index (χ1v) is 8.68. The van der Waals surface area contributed by atoms with E-state index in [1.807, 2.05) is 13.0 Å². The lowest BCUT2D eigenvalue weighted by molar-refractivity contribution is 0.269. The van der Waals surface area contributed by atoms with E-state index in [-0.39, 0.29) is 18.0 Å². The van der Waals surface area contributed by atoms with Crippen LogP contribution in [0.3, 0.4) is 0 Å². The predicted molar refractivity (Wildman–Crippen MR) is 83.6 cm³/mol. The van der Waals surface area contributed by atoms with Crippen LogP contribution in [-0.4, -0.2) is 29.9 Å². The van der Waals surface area contributed by atoms with E-state index in [0.717, 1.165) is 10.0 Å². The molecule has 0 aliphatic rings. The van der Waals surface area contributed by atoms with Crippen LogP contribution in [-0.2, 0) is 23.0 Å². The lowest BCUT2D eigenvalue weighted by atomic mass is 10.1. The highest BCUT2D eigenvalue weighted by molar-refractivity contribution is 9.10. The molecule has 1 aromatic heterocycles. The van der Waals surface area contributed by atoms with E-state index in [1.165, 1.54) is 17.1 Å². The Hall–Kier alpha value is -1.38. The number of sulfonamides is 1. The first kappa shape index (κ1) is 16.0. The van der Waals surface area contributed by atoms with Gasteiger partial charge in [0.15, 0.2) is 0 Å². The van der Waals surface area contributed by atoms with Crippen molar-refractivity contribution < 1.29 is 13.5 Å². The molecule has 6 nitrogen and oxygen atoms in total. The number of anilines is 1. The Balaban J connectivity index is 2.28. The van der Waals surface area contributed by atoms with Crippen LogP contribution in [0.2, 0.25) is 0 Å². The first-order chi connectivity index (χ1) is 9.96. The van der Waals surface area contributed by atoms with E-state index in [4.69, 9.17) is 5.11 Å². The highest BCUT2D eigenvalue weighted by Crippen LogP contribution is 2.24. The molecule has 0 aliphatic carbocycles. The largest absolute Gasteiger partial charge is 0.394 e. The zero-order valence-corrected chi connectivity index (χ0v) is 13.9. The van der Waals surface area contributed by atoms with Gasteiger partial charge in [0, 0.05) is 10.7 Å². The van der Waals surface area contributed by atoms with Crippen molar-refractivity contribution in [3.63, 3.8) is 0 Å². The third kappa shape index (κ3) is 3.84. The van der Waals surface area contributed by atoms with Crippen LogP contribution in [0.5, 0.6) is 0 Å². The van der Waals surface area contributed by atoms with Gasteiger partial charge in [-0.3, -0.25) is 9.40 Å². The molecule has 1 heterocycles. The van der Waals surface area contributed by atoms with E-state index >= 15 is 0 Å². The van der Waals surface area contributed by atoms with Crippen LogP contribution in [0.1, 0.15) is 12.5 Å². The van der Waals surface area contributed by atoms with Crippen molar-refractivity contribution in [2.75, 3.05) is 11.3 Å². The van der Waals surface area contributed by atoms with Crippen LogP contribution >= 0.6 is 15.9 Å². The number of nitrogens with one attached hydrogen (secondary N) is 1. The summed E-state index contributed by atoms with van der Waals surface area (Å²) in [5.41, 5.74) is 1.45. The number of aromatic nitrogens is 2. The molecular weight excluding hydrogens is 358 g/mol. The van der Waals surface area contributed by atoms with Crippen molar-refractivity contribution in [2.45, 2.75) is 24.8 Å². The van der Waals surface area contributed by atoms with Gasteiger partial charge in [-0.2, -0.15) is 5.10 Å². The van der Waals surface area contributed by atoms with Gasteiger partial charge in [-0.15, -0.1) is 0 Å². The molecule has 0 radical (unpaired) electrons. The summed E-state index contributed by atoms with van der Waals surface area (Å²) in [5.74, 6) is 0. The fourth-order valence-corrected chi connectivity index (χ4v) is 3.33. The van der Waals surface area contributed by atoms with Gasteiger partial charge in [0.05, 0.1) is 25.0 Å². The van der Waals surface area contributed by atoms with E-state index in [0.29, 0.717) is 12.1 Å². The third-order valence-corrected chi connectivity index (χ3v) is 4.75. The van der Waals surface area contributed by atoms with E-state index < -0.39 is 10.0 Å². The number of aryl methyl sites for hydroxylation is 1.